The van der Waals surface area contributed by atoms with Crippen LogP contribution in [0.15, 0.2) is 41.0 Å². The number of hydrogen-bond acceptors (Lipinski definition) is 3. The first-order chi connectivity index (χ1) is 10.6. The highest BCUT2D eigenvalue weighted by Crippen LogP contribution is 2.25. The molecule has 0 radical (unpaired) electrons. The van der Waals surface area contributed by atoms with Gasteiger partial charge in [-0.2, -0.15) is 5.10 Å². The molecule has 2 unspecified atom stereocenters. The lowest BCUT2D eigenvalue weighted by atomic mass is 10.1. The summed E-state index contributed by atoms with van der Waals surface area (Å²) < 4.78 is 2.85. The molecular formula is C16H20BrClN4O. The molecule has 2 atom stereocenters. The van der Waals surface area contributed by atoms with Crippen LogP contribution < -0.4 is 11.1 Å². The van der Waals surface area contributed by atoms with Gasteiger partial charge in [0.05, 0.1) is 12.7 Å². The summed E-state index contributed by atoms with van der Waals surface area (Å²) in [6, 6.07) is 10.0. The minimum Gasteiger partial charge on any atom is -0.328 e. The number of nitrogens with two attached hydrogens (primary N) is 1. The molecule has 2 aromatic rings. The Hall–Kier alpha value is -1.37. The second-order valence-corrected chi connectivity index (χ2v) is 6.68. The van der Waals surface area contributed by atoms with Gasteiger partial charge in [0.15, 0.2) is 0 Å². The van der Waals surface area contributed by atoms with Crippen molar-refractivity contribution in [3.05, 3.63) is 46.6 Å². The monoisotopic (exact) mass is 398 g/mol. The molecule has 1 aromatic heterocycles. The average molecular weight is 400 g/mol. The number of aromatic nitrogens is 2. The quantitative estimate of drug-likeness (QED) is 0.829. The third-order valence-corrected chi connectivity index (χ3v) is 4.59. The molecule has 0 saturated heterocycles. The molecule has 5 nitrogen and oxygen atoms in total. The number of rotatable bonds is 4. The SMILES string of the molecule is Cl.NC1CCC(C(=O)Nc2ccnn2Cc2ccc(Br)cc2)C1. The van der Waals surface area contributed by atoms with Gasteiger partial charge in [-0.15, -0.1) is 12.4 Å². The number of halogens is 2. The molecule has 0 aliphatic heterocycles. The fourth-order valence-electron chi connectivity index (χ4n) is 2.81. The molecule has 1 aliphatic rings. The van der Waals surface area contributed by atoms with Crippen molar-refractivity contribution in [2.24, 2.45) is 11.7 Å². The number of carbonyl (C=O) groups is 1. The molecule has 1 saturated carbocycles. The van der Waals surface area contributed by atoms with Crippen LogP contribution >= 0.6 is 28.3 Å². The van der Waals surface area contributed by atoms with Gasteiger partial charge in [-0.3, -0.25) is 4.79 Å². The zero-order valence-corrected chi connectivity index (χ0v) is 15.0. The van der Waals surface area contributed by atoms with Gasteiger partial charge in [-0.1, -0.05) is 28.1 Å². The van der Waals surface area contributed by atoms with Crippen molar-refractivity contribution in [3.63, 3.8) is 0 Å². The molecular weight excluding hydrogens is 380 g/mol. The molecule has 7 heteroatoms. The van der Waals surface area contributed by atoms with Crippen LogP contribution in [-0.4, -0.2) is 21.7 Å². The maximum absolute atomic E-state index is 12.3. The molecule has 0 bridgehead atoms. The number of carbonyl (C=O) groups excluding carboxylic acids is 1. The van der Waals surface area contributed by atoms with E-state index in [9.17, 15) is 4.79 Å². The molecule has 23 heavy (non-hydrogen) atoms. The Morgan fingerprint density at radius 3 is 2.70 bits per heavy atom. The van der Waals surface area contributed by atoms with Gasteiger partial charge in [0.2, 0.25) is 5.91 Å². The highest BCUT2D eigenvalue weighted by atomic mass is 79.9. The van der Waals surface area contributed by atoms with Gasteiger partial charge in [0.25, 0.3) is 0 Å². The van der Waals surface area contributed by atoms with Crippen LogP contribution in [0.2, 0.25) is 0 Å². The maximum atomic E-state index is 12.3. The predicted octanol–water partition coefficient (Wildman–Crippen LogP) is 3.18. The number of nitrogens with one attached hydrogen (secondary N) is 1. The van der Waals surface area contributed by atoms with E-state index in [1.165, 1.54) is 0 Å². The fourth-order valence-corrected chi connectivity index (χ4v) is 3.07. The van der Waals surface area contributed by atoms with Crippen molar-refractivity contribution in [1.82, 2.24) is 9.78 Å². The van der Waals surface area contributed by atoms with E-state index in [4.69, 9.17) is 5.73 Å². The van der Waals surface area contributed by atoms with Crippen molar-refractivity contribution in [2.75, 3.05) is 5.32 Å². The second-order valence-electron chi connectivity index (χ2n) is 5.76. The van der Waals surface area contributed by atoms with Gasteiger partial charge in [0.1, 0.15) is 5.82 Å². The lowest BCUT2D eigenvalue weighted by molar-refractivity contribution is -0.119. The molecule has 3 N–H and O–H groups in total. The summed E-state index contributed by atoms with van der Waals surface area (Å²) >= 11 is 3.42. The van der Waals surface area contributed by atoms with Crippen molar-refractivity contribution in [3.8, 4) is 0 Å². The Labute approximate surface area is 150 Å². The van der Waals surface area contributed by atoms with E-state index >= 15 is 0 Å². The van der Waals surface area contributed by atoms with Crippen molar-refractivity contribution in [2.45, 2.75) is 31.8 Å². The van der Waals surface area contributed by atoms with Crippen LogP contribution in [-0.2, 0) is 11.3 Å². The standard InChI is InChI=1S/C16H19BrN4O.ClH/c17-13-4-1-11(2-5-13)10-21-15(7-8-19-21)20-16(22)12-3-6-14(18)9-12;/h1-2,4-5,7-8,12,14H,3,6,9-10,18H2,(H,20,22);1H. The normalized spacial score (nSPS) is 20.1. The average Bonchev–Trinajstić information content (AvgIpc) is 3.11. The van der Waals surface area contributed by atoms with Crippen LogP contribution in [0.25, 0.3) is 0 Å². The summed E-state index contributed by atoms with van der Waals surface area (Å²) in [5.74, 6) is 0.796. The second kappa shape index (κ2) is 7.95. The Morgan fingerprint density at radius 2 is 2.04 bits per heavy atom. The minimum atomic E-state index is 0. The number of amides is 1. The molecule has 0 spiro atoms. The van der Waals surface area contributed by atoms with Crippen molar-refractivity contribution < 1.29 is 4.79 Å². The van der Waals surface area contributed by atoms with Crippen LogP contribution in [0.3, 0.4) is 0 Å². The third-order valence-electron chi connectivity index (χ3n) is 4.06. The number of benzene rings is 1. The smallest absolute Gasteiger partial charge is 0.228 e. The predicted molar refractivity (Wildman–Crippen MR) is 96.7 cm³/mol. The Balaban J connectivity index is 0.00000192. The fraction of sp³-hybridized carbons (Fsp3) is 0.375. The molecule has 1 aliphatic carbocycles. The zero-order chi connectivity index (χ0) is 15.5. The summed E-state index contributed by atoms with van der Waals surface area (Å²) in [5.41, 5.74) is 7.01. The first kappa shape index (κ1) is 18.0. The third kappa shape index (κ3) is 4.56. The van der Waals surface area contributed by atoms with Gasteiger partial charge < -0.3 is 11.1 Å². The van der Waals surface area contributed by atoms with E-state index < -0.39 is 0 Å². The lowest BCUT2D eigenvalue weighted by Crippen LogP contribution is -2.24. The number of nitrogens with zero attached hydrogens (tertiary/aromatic N) is 2. The van der Waals surface area contributed by atoms with E-state index in [-0.39, 0.29) is 30.3 Å². The lowest BCUT2D eigenvalue weighted by Gasteiger charge is -2.12. The number of hydrogen-bond donors (Lipinski definition) is 2. The summed E-state index contributed by atoms with van der Waals surface area (Å²) in [6.45, 7) is 0.625. The van der Waals surface area contributed by atoms with E-state index in [0.29, 0.717) is 6.54 Å². The Kier molecular flexibility index (Phi) is 6.21. The van der Waals surface area contributed by atoms with Gasteiger partial charge in [-0.25, -0.2) is 4.68 Å². The highest BCUT2D eigenvalue weighted by Gasteiger charge is 2.28. The van der Waals surface area contributed by atoms with Crippen LogP contribution in [0.5, 0.6) is 0 Å². The largest absolute Gasteiger partial charge is 0.328 e. The number of anilines is 1. The molecule has 1 heterocycles. The summed E-state index contributed by atoms with van der Waals surface area (Å²) in [5, 5.41) is 7.28. The van der Waals surface area contributed by atoms with E-state index in [1.807, 2.05) is 30.3 Å². The van der Waals surface area contributed by atoms with Gasteiger partial charge in [0, 0.05) is 22.5 Å². The first-order valence-electron chi connectivity index (χ1n) is 7.44. The topological polar surface area (TPSA) is 72.9 Å². The van der Waals surface area contributed by atoms with Crippen LogP contribution in [0.1, 0.15) is 24.8 Å². The van der Waals surface area contributed by atoms with Crippen molar-refractivity contribution in [1.29, 1.82) is 0 Å². The van der Waals surface area contributed by atoms with Crippen molar-refractivity contribution >= 4 is 40.1 Å². The van der Waals surface area contributed by atoms with Gasteiger partial charge in [-0.05, 0) is 37.0 Å². The first-order valence-corrected chi connectivity index (χ1v) is 8.24. The zero-order valence-electron chi connectivity index (χ0n) is 12.6. The van der Waals surface area contributed by atoms with Crippen LogP contribution in [0.4, 0.5) is 5.82 Å². The summed E-state index contributed by atoms with van der Waals surface area (Å²) in [6.07, 6.45) is 4.27. The Bertz CT molecular complexity index is 658. The van der Waals surface area contributed by atoms with Crippen LogP contribution in [0, 0.1) is 5.92 Å². The molecule has 1 fully saturated rings. The summed E-state index contributed by atoms with van der Waals surface area (Å²) in [7, 11) is 0. The van der Waals surface area contributed by atoms with E-state index in [2.05, 4.69) is 26.3 Å². The molecule has 1 amide bonds. The summed E-state index contributed by atoms with van der Waals surface area (Å²) in [4.78, 5) is 12.3. The van der Waals surface area contributed by atoms with E-state index in [0.717, 1.165) is 35.1 Å². The van der Waals surface area contributed by atoms with E-state index in [1.54, 1.807) is 10.9 Å². The molecule has 1 aromatic carbocycles. The maximum Gasteiger partial charge on any atom is 0.228 e. The highest BCUT2D eigenvalue weighted by molar-refractivity contribution is 9.10. The Morgan fingerprint density at radius 1 is 1.30 bits per heavy atom. The van der Waals surface area contributed by atoms with Gasteiger partial charge >= 0.3 is 0 Å². The minimum absolute atomic E-state index is 0. The molecule has 124 valence electrons. The molecule has 3 rings (SSSR count).